The van der Waals surface area contributed by atoms with Gasteiger partial charge in [0.05, 0.1) is 32.5 Å². The van der Waals surface area contributed by atoms with Crippen molar-refractivity contribution in [3.05, 3.63) is 47.6 Å². The average molecular weight is 422 g/mol. The first-order chi connectivity index (χ1) is 12.6. The molecule has 1 saturated heterocycles. The Morgan fingerprint density at radius 2 is 2.12 bits per heavy atom. The smallest absolute Gasteiger partial charge is 0.242 e. The highest BCUT2D eigenvalue weighted by Gasteiger charge is 2.61. The number of fused-ring (bicyclic) bond motifs is 1. The molecule has 2 N–H and O–H groups in total. The average Bonchev–Trinajstić information content (AvgIpc) is 3.17. The molecule has 140 valence electrons. The van der Waals surface area contributed by atoms with E-state index in [0.29, 0.717) is 42.9 Å². The third-order valence-corrected chi connectivity index (χ3v) is 5.27. The van der Waals surface area contributed by atoms with Crippen molar-refractivity contribution >= 4 is 27.7 Å². The van der Waals surface area contributed by atoms with Crippen molar-refractivity contribution in [1.29, 1.82) is 0 Å². The molecule has 3 unspecified atom stereocenters. The molecule has 1 aliphatic heterocycles. The minimum absolute atomic E-state index is 0.0733. The maximum Gasteiger partial charge on any atom is 0.242 e. The van der Waals surface area contributed by atoms with E-state index in [0.717, 1.165) is 18.4 Å². The van der Waals surface area contributed by atoms with Crippen LogP contribution in [0, 0.1) is 5.41 Å². The number of carbonyl (C=O) groups excluding carboxylic acids is 1. The second kappa shape index (κ2) is 8.43. The molecule has 7 heteroatoms. The quantitative estimate of drug-likeness (QED) is 0.345. The van der Waals surface area contributed by atoms with E-state index in [-0.39, 0.29) is 17.4 Å². The molecule has 1 aliphatic carbocycles. The zero-order chi connectivity index (χ0) is 18.6. The maximum atomic E-state index is 12.7. The Morgan fingerprint density at radius 1 is 1.35 bits per heavy atom. The highest BCUT2D eigenvalue weighted by atomic mass is 79.9. The molecule has 3 rings (SSSR count). The van der Waals surface area contributed by atoms with Crippen LogP contribution in [0.4, 0.5) is 5.82 Å². The van der Waals surface area contributed by atoms with Crippen LogP contribution in [0.1, 0.15) is 18.4 Å². The predicted molar refractivity (Wildman–Crippen MR) is 104 cm³/mol. The number of nitrogens with zero attached hydrogens (tertiary/aromatic N) is 1. The number of pyridine rings is 1. The van der Waals surface area contributed by atoms with Gasteiger partial charge in [0.25, 0.3) is 0 Å². The minimum atomic E-state index is -0.233. The summed E-state index contributed by atoms with van der Waals surface area (Å²) in [5.74, 6) is 0.448. The van der Waals surface area contributed by atoms with Gasteiger partial charge in [-0.15, -0.1) is 13.2 Å². The fourth-order valence-electron chi connectivity index (χ4n) is 3.39. The van der Waals surface area contributed by atoms with Crippen molar-refractivity contribution in [1.82, 2.24) is 10.3 Å². The van der Waals surface area contributed by atoms with Crippen LogP contribution in [-0.4, -0.2) is 42.8 Å². The van der Waals surface area contributed by atoms with Crippen molar-refractivity contribution in [3.63, 3.8) is 0 Å². The number of nitrogens with one attached hydrogen (secondary N) is 2. The largest absolute Gasteiger partial charge is 0.377 e. The van der Waals surface area contributed by atoms with Crippen LogP contribution < -0.4 is 10.6 Å². The molecule has 26 heavy (non-hydrogen) atoms. The lowest BCUT2D eigenvalue weighted by atomic mass is 10.0. The summed E-state index contributed by atoms with van der Waals surface area (Å²) >= 11 is 3.35. The van der Waals surface area contributed by atoms with E-state index in [4.69, 9.17) is 9.47 Å². The number of ether oxygens (including phenoxy) is 2. The molecule has 1 saturated carbocycles. The van der Waals surface area contributed by atoms with E-state index in [1.54, 1.807) is 12.2 Å². The van der Waals surface area contributed by atoms with Crippen molar-refractivity contribution in [2.24, 2.45) is 5.41 Å². The molecule has 2 heterocycles. The lowest BCUT2D eigenvalue weighted by Gasteiger charge is -2.17. The summed E-state index contributed by atoms with van der Waals surface area (Å²) in [7, 11) is 0. The summed E-state index contributed by atoms with van der Waals surface area (Å²) in [4.78, 5) is 17.1. The van der Waals surface area contributed by atoms with Gasteiger partial charge in [-0.3, -0.25) is 4.79 Å². The monoisotopic (exact) mass is 421 g/mol. The molecule has 1 aromatic heterocycles. The van der Waals surface area contributed by atoms with Crippen LogP contribution in [-0.2, 0) is 20.9 Å². The molecule has 2 fully saturated rings. The fourth-order valence-corrected chi connectivity index (χ4v) is 3.70. The summed E-state index contributed by atoms with van der Waals surface area (Å²) in [5, 5.41) is 6.34. The van der Waals surface area contributed by atoms with Crippen LogP contribution in [0.25, 0.3) is 0 Å². The molecule has 2 aliphatic rings. The summed E-state index contributed by atoms with van der Waals surface area (Å²) in [6.07, 6.45) is 5.27. The van der Waals surface area contributed by atoms with Crippen molar-refractivity contribution < 1.29 is 14.3 Å². The number of hydrogen-bond donors (Lipinski definition) is 2. The van der Waals surface area contributed by atoms with Gasteiger partial charge in [0, 0.05) is 17.0 Å². The first-order valence-corrected chi connectivity index (χ1v) is 9.47. The van der Waals surface area contributed by atoms with Crippen molar-refractivity contribution in [2.75, 3.05) is 25.1 Å². The number of anilines is 1. The molecular formula is C19H24BrN3O3. The zero-order valence-corrected chi connectivity index (χ0v) is 16.3. The molecule has 0 spiro atoms. The Balaban J connectivity index is 1.59. The summed E-state index contributed by atoms with van der Waals surface area (Å²) in [6.45, 7) is 9.31. The van der Waals surface area contributed by atoms with Crippen LogP contribution in [0.5, 0.6) is 0 Å². The maximum absolute atomic E-state index is 12.7. The van der Waals surface area contributed by atoms with Gasteiger partial charge in [0.2, 0.25) is 5.91 Å². The molecule has 3 atom stereocenters. The van der Waals surface area contributed by atoms with Crippen molar-refractivity contribution in [2.45, 2.75) is 31.5 Å². The summed E-state index contributed by atoms with van der Waals surface area (Å²) in [5.41, 5.74) is 0.918. The molecule has 0 radical (unpaired) electrons. The summed E-state index contributed by atoms with van der Waals surface area (Å²) in [6, 6.07) is 3.84. The molecule has 6 nitrogen and oxygen atoms in total. The van der Waals surface area contributed by atoms with E-state index >= 15 is 0 Å². The third kappa shape index (κ3) is 4.40. The molecule has 0 aromatic carbocycles. The first-order valence-electron chi connectivity index (χ1n) is 8.67. The number of piperidine rings is 1. The SMILES string of the molecule is C=CCOCc1ccc(Br)nc1NC(=O)C1CC2(COCC=C)CC2N1. The minimum Gasteiger partial charge on any atom is -0.377 e. The number of aromatic nitrogens is 1. The summed E-state index contributed by atoms with van der Waals surface area (Å²) < 4.78 is 11.8. The molecule has 1 amide bonds. The normalized spacial score (nSPS) is 26.2. The Morgan fingerprint density at radius 3 is 2.88 bits per heavy atom. The Labute approximate surface area is 162 Å². The lowest BCUT2D eigenvalue weighted by Crippen LogP contribution is -2.38. The number of rotatable bonds is 10. The van der Waals surface area contributed by atoms with Gasteiger partial charge in [-0.1, -0.05) is 18.2 Å². The van der Waals surface area contributed by atoms with Gasteiger partial charge in [-0.25, -0.2) is 4.98 Å². The second-order valence-corrected chi connectivity index (χ2v) is 7.59. The first kappa shape index (κ1) is 19.2. The fraction of sp³-hybridized carbons (Fsp3) is 0.474. The van der Waals surface area contributed by atoms with E-state index in [9.17, 15) is 4.79 Å². The van der Waals surface area contributed by atoms with E-state index < -0.39 is 0 Å². The van der Waals surface area contributed by atoms with Gasteiger partial charge >= 0.3 is 0 Å². The zero-order valence-electron chi connectivity index (χ0n) is 14.7. The van der Waals surface area contributed by atoms with Gasteiger partial charge in [0.15, 0.2) is 0 Å². The second-order valence-electron chi connectivity index (χ2n) is 6.78. The Bertz CT molecular complexity index is 697. The molecular weight excluding hydrogens is 398 g/mol. The number of halogens is 1. The van der Waals surface area contributed by atoms with Crippen molar-refractivity contribution in [3.8, 4) is 0 Å². The predicted octanol–water partition coefficient (Wildman–Crippen LogP) is 2.81. The lowest BCUT2D eigenvalue weighted by molar-refractivity contribution is -0.118. The Hall–Kier alpha value is -1.54. The number of amides is 1. The van der Waals surface area contributed by atoms with Gasteiger partial charge < -0.3 is 20.1 Å². The van der Waals surface area contributed by atoms with E-state index in [2.05, 4.69) is 44.7 Å². The standard InChI is InChI=1S/C19H24BrN3O3/c1-3-7-25-11-13-5-6-16(20)22-17(13)23-18(24)14-9-19(10-15(19)21-14)12-26-8-4-2/h3-6,14-15,21H,1-2,7-12H2,(H,22,23,24). The molecule has 1 aromatic rings. The highest BCUT2D eigenvalue weighted by molar-refractivity contribution is 9.10. The van der Waals surface area contributed by atoms with Gasteiger partial charge in [0.1, 0.15) is 10.4 Å². The Kier molecular flexibility index (Phi) is 6.24. The highest BCUT2D eigenvalue weighted by Crippen LogP contribution is 2.54. The third-order valence-electron chi connectivity index (χ3n) is 4.82. The van der Waals surface area contributed by atoms with Crippen LogP contribution >= 0.6 is 15.9 Å². The number of hydrogen-bond acceptors (Lipinski definition) is 5. The van der Waals surface area contributed by atoms with Crippen LogP contribution in [0.2, 0.25) is 0 Å². The van der Waals surface area contributed by atoms with Gasteiger partial charge in [-0.05, 0) is 34.8 Å². The van der Waals surface area contributed by atoms with Crippen LogP contribution in [0.15, 0.2) is 42.0 Å². The van der Waals surface area contributed by atoms with E-state index in [1.807, 2.05) is 12.1 Å². The molecule has 0 bridgehead atoms. The van der Waals surface area contributed by atoms with Crippen LogP contribution in [0.3, 0.4) is 0 Å². The number of carbonyl (C=O) groups is 1. The van der Waals surface area contributed by atoms with E-state index in [1.165, 1.54) is 0 Å². The van der Waals surface area contributed by atoms with Gasteiger partial charge in [-0.2, -0.15) is 0 Å². The topological polar surface area (TPSA) is 72.5 Å².